The number of aromatic nitrogens is 5. The van der Waals surface area contributed by atoms with E-state index < -0.39 is 0 Å². The molecular formula is C17H20N8O2. The highest BCUT2D eigenvalue weighted by atomic mass is 16.5. The third kappa shape index (κ3) is 3.33. The fourth-order valence-electron chi connectivity index (χ4n) is 3.34. The lowest BCUT2D eigenvalue weighted by atomic mass is 10.1. The maximum Gasteiger partial charge on any atom is 0.225 e. The van der Waals surface area contributed by atoms with Gasteiger partial charge in [-0.05, 0) is 43.5 Å². The van der Waals surface area contributed by atoms with Crippen LogP contribution in [0.15, 0.2) is 35.6 Å². The normalized spacial score (nSPS) is 20.1. The Morgan fingerprint density at radius 2 is 2.15 bits per heavy atom. The van der Waals surface area contributed by atoms with Crippen molar-refractivity contribution in [3.05, 3.63) is 30.5 Å². The summed E-state index contributed by atoms with van der Waals surface area (Å²) < 4.78 is 6.85. The molecule has 1 aliphatic rings. The number of anilines is 1. The van der Waals surface area contributed by atoms with Crippen molar-refractivity contribution in [1.29, 1.82) is 0 Å². The minimum atomic E-state index is 0.0720. The molecule has 1 aromatic carbocycles. The summed E-state index contributed by atoms with van der Waals surface area (Å²) in [6.45, 7) is 0. The van der Waals surface area contributed by atoms with Crippen molar-refractivity contribution < 1.29 is 9.94 Å². The Morgan fingerprint density at radius 1 is 1.33 bits per heavy atom. The highest BCUT2D eigenvalue weighted by molar-refractivity contribution is 5.82. The summed E-state index contributed by atoms with van der Waals surface area (Å²) in [6.07, 6.45) is 4.18. The Labute approximate surface area is 155 Å². The number of hydrogen-bond acceptors (Lipinski definition) is 8. The summed E-state index contributed by atoms with van der Waals surface area (Å²) in [4.78, 5) is 8.91. The molecule has 3 aromatic rings. The molecule has 140 valence electrons. The van der Waals surface area contributed by atoms with Crippen LogP contribution in [-0.2, 0) is 0 Å². The maximum atomic E-state index is 8.83. The molecule has 10 nitrogen and oxygen atoms in total. The standard InChI is InChI=1S/C17H20N8O2/c1-27-13-6-4-12(5-7-13)25-16-14(22-24-25)9-19-17(21-16)20-11-3-2-10(8-11)15(18)23-26/h4-7,9-11,26H,2-3,8H2,1H3,(H2,18,23)(H,19,20,21). The summed E-state index contributed by atoms with van der Waals surface area (Å²) >= 11 is 0. The van der Waals surface area contributed by atoms with E-state index in [1.165, 1.54) is 0 Å². The number of rotatable bonds is 5. The van der Waals surface area contributed by atoms with Crippen LogP contribution in [0.4, 0.5) is 5.95 Å². The smallest absolute Gasteiger partial charge is 0.225 e. The monoisotopic (exact) mass is 368 g/mol. The SMILES string of the molecule is COc1ccc(-n2nnc3cnc(NC4CCC(C(N)=NO)C4)nc32)cc1. The number of nitrogens with zero attached hydrogens (tertiary/aromatic N) is 6. The quantitative estimate of drug-likeness (QED) is 0.267. The van der Waals surface area contributed by atoms with Crippen molar-refractivity contribution in [2.45, 2.75) is 25.3 Å². The number of methoxy groups -OCH3 is 1. The predicted octanol–water partition coefficient (Wildman–Crippen LogP) is 1.55. The van der Waals surface area contributed by atoms with E-state index in [1.54, 1.807) is 18.0 Å². The predicted molar refractivity (Wildman–Crippen MR) is 99.2 cm³/mol. The lowest BCUT2D eigenvalue weighted by Gasteiger charge is -2.12. The van der Waals surface area contributed by atoms with Crippen molar-refractivity contribution in [3.63, 3.8) is 0 Å². The number of fused-ring (bicyclic) bond motifs is 1. The van der Waals surface area contributed by atoms with Crippen LogP contribution < -0.4 is 15.8 Å². The van der Waals surface area contributed by atoms with Crippen LogP contribution in [0.5, 0.6) is 5.75 Å². The van der Waals surface area contributed by atoms with Gasteiger partial charge in [-0.3, -0.25) is 0 Å². The topological polar surface area (TPSA) is 136 Å². The lowest BCUT2D eigenvalue weighted by molar-refractivity contribution is 0.314. The van der Waals surface area contributed by atoms with Crippen LogP contribution in [0.25, 0.3) is 16.9 Å². The second-order valence-corrected chi connectivity index (χ2v) is 6.48. The highest BCUT2D eigenvalue weighted by Gasteiger charge is 2.28. The van der Waals surface area contributed by atoms with E-state index in [1.807, 2.05) is 24.3 Å². The average molecular weight is 368 g/mol. The molecular weight excluding hydrogens is 348 g/mol. The zero-order valence-electron chi connectivity index (χ0n) is 14.8. The first-order valence-electron chi connectivity index (χ1n) is 8.64. The number of nitrogens with one attached hydrogen (secondary N) is 1. The molecule has 1 fully saturated rings. The second kappa shape index (κ2) is 7.06. The minimum absolute atomic E-state index is 0.0720. The van der Waals surface area contributed by atoms with E-state index >= 15 is 0 Å². The van der Waals surface area contributed by atoms with Crippen LogP contribution in [0, 0.1) is 5.92 Å². The number of amidine groups is 1. The Bertz CT molecular complexity index is 969. The molecule has 2 aromatic heterocycles. The van der Waals surface area contributed by atoms with Crippen LogP contribution in [0.1, 0.15) is 19.3 Å². The van der Waals surface area contributed by atoms with Crippen LogP contribution in [0.3, 0.4) is 0 Å². The van der Waals surface area contributed by atoms with E-state index in [2.05, 4.69) is 30.8 Å². The van der Waals surface area contributed by atoms with Crippen molar-refractivity contribution in [2.75, 3.05) is 12.4 Å². The van der Waals surface area contributed by atoms with Gasteiger partial charge in [-0.2, -0.15) is 9.67 Å². The molecule has 0 radical (unpaired) electrons. The molecule has 27 heavy (non-hydrogen) atoms. The van der Waals surface area contributed by atoms with Crippen molar-refractivity contribution in [2.24, 2.45) is 16.8 Å². The van der Waals surface area contributed by atoms with Gasteiger partial charge in [0.2, 0.25) is 5.95 Å². The lowest BCUT2D eigenvalue weighted by Crippen LogP contribution is -2.24. The van der Waals surface area contributed by atoms with E-state index in [9.17, 15) is 0 Å². The van der Waals surface area contributed by atoms with Crippen LogP contribution in [-0.4, -0.2) is 49.2 Å². The molecule has 2 heterocycles. The number of ether oxygens (including phenoxy) is 1. The summed E-state index contributed by atoms with van der Waals surface area (Å²) in [5.41, 5.74) is 7.76. The Balaban J connectivity index is 1.57. The number of hydrogen-bond donors (Lipinski definition) is 3. The summed E-state index contributed by atoms with van der Waals surface area (Å²) in [5.74, 6) is 1.62. The Hall–Kier alpha value is -3.43. The number of benzene rings is 1. The third-order valence-corrected chi connectivity index (χ3v) is 4.81. The van der Waals surface area contributed by atoms with Crippen molar-refractivity contribution in [3.8, 4) is 11.4 Å². The maximum absolute atomic E-state index is 8.83. The van der Waals surface area contributed by atoms with Gasteiger partial charge >= 0.3 is 0 Å². The van der Waals surface area contributed by atoms with Gasteiger partial charge in [0.05, 0.1) is 19.0 Å². The van der Waals surface area contributed by atoms with Gasteiger partial charge in [0.15, 0.2) is 11.2 Å². The first kappa shape index (κ1) is 17.0. The van der Waals surface area contributed by atoms with Crippen LogP contribution >= 0.6 is 0 Å². The molecule has 2 unspecified atom stereocenters. The highest BCUT2D eigenvalue weighted by Crippen LogP contribution is 2.28. The molecule has 0 aliphatic heterocycles. The summed E-state index contributed by atoms with van der Waals surface area (Å²) in [6, 6.07) is 7.66. The second-order valence-electron chi connectivity index (χ2n) is 6.48. The van der Waals surface area contributed by atoms with Crippen molar-refractivity contribution in [1.82, 2.24) is 25.0 Å². The van der Waals surface area contributed by atoms with Gasteiger partial charge in [-0.25, -0.2) is 4.98 Å². The molecule has 1 aliphatic carbocycles. The molecule has 1 saturated carbocycles. The molecule has 0 saturated heterocycles. The van der Waals surface area contributed by atoms with E-state index in [4.69, 9.17) is 15.7 Å². The molecule has 0 bridgehead atoms. The largest absolute Gasteiger partial charge is 0.497 e. The molecule has 0 spiro atoms. The van der Waals surface area contributed by atoms with Gasteiger partial charge in [0.1, 0.15) is 11.6 Å². The van der Waals surface area contributed by atoms with Gasteiger partial charge in [0, 0.05) is 12.0 Å². The first-order valence-corrected chi connectivity index (χ1v) is 8.64. The van der Waals surface area contributed by atoms with Gasteiger partial charge in [-0.1, -0.05) is 10.4 Å². The van der Waals surface area contributed by atoms with Crippen LogP contribution in [0.2, 0.25) is 0 Å². The molecule has 10 heteroatoms. The minimum Gasteiger partial charge on any atom is -0.497 e. The Morgan fingerprint density at radius 3 is 2.89 bits per heavy atom. The van der Waals surface area contributed by atoms with Gasteiger partial charge in [-0.15, -0.1) is 5.10 Å². The Kier molecular flexibility index (Phi) is 4.45. The summed E-state index contributed by atoms with van der Waals surface area (Å²) in [7, 11) is 1.62. The van der Waals surface area contributed by atoms with Crippen molar-refractivity contribution >= 4 is 22.9 Å². The fraction of sp³-hybridized carbons (Fsp3) is 0.353. The number of oxime groups is 1. The van der Waals surface area contributed by atoms with E-state index in [-0.39, 0.29) is 17.8 Å². The van der Waals surface area contributed by atoms with E-state index in [0.717, 1.165) is 30.7 Å². The summed E-state index contributed by atoms with van der Waals surface area (Å²) in [5, 5.41) is 23.6. The van der Waals surface area contributed by atoms with Gasteiger partial charge < -0.3 is 21.0 Å². The zero-order valence-corrected chi connectivity index (χ0v) is 14.8. The number of nitrogens with two attached hydrogens (primary N) is 1. The van der Waals surface area contributed by atoms with E-state index in [0.29, 0.717) is 17.1 Å². The molecule has 4 rings (SSSR count). The average Bonchev–Trinajstić information content (AvgIpc) is 3.34. The van der Waals surface area contributed by atoms with Gasteiger partial charge in [0.25, 0.3) is 0 Å². The molecule has 2 atom stereocenters. The molecule has 4 N–H and O–H groups in total. The first-order chi connectivity index (χ1) is 13.2. The third-order valence-electron chi connectivity index (χ3n) is 4.81. The zero-order chi connectivity index (χ0) is 18.8. The fourth-order valence-corrected chi connectivity index (χ4v) is 3.34. The molecule has 0 amide bonds.